The molecule has 0 saturated heterocycles. The summed E-state index contributed by atoms with van der Waals surface area (Å²) in [6, 6.07) is 11.5. The molecule has 0 fully saturated rings. The van der Waals surface area contributed by atoms with Gasteiger partial charge in [-0.2, -0.15) is 4.98 Å². The zero-order chi connectivity index (χ0) is 21.5. The topological polar surface area (TPSA) is 106 Å². The third-order valence-electron chi connectivity index (χ3n) is 3.72. The van der Waals surface area contributed by atoms with Crippen molar-refractivity contribution in [2.45, 2.75) is 0 Å². The standard InChI is InChI=1S/C19H15Cl3N4O4/c20-12-3-1-11(2-4-12)17-25-19(30-26-17)18(28)24-8-7-23-16(27)10-29-13-5-6-14(21)15(22)9-13/h1-6,9H,7-8,10H2,(H,23,27)(H,24,28). The zero-order valence-corrected chi connectivity index (χ0v) is 17.6. The largest absolute Gasteiger partial charge is 0.484 e. The summed E-state index contributed by atoms with van der Waals surface area (Å²) in [7, 11) is 0. The Balaban J connectivity index is 1.38. The first kappa shape index (κ1) is 21.9. The van der Waals surface area contributed by atoms with E-state index in [2.05, 4.69) is 20.8 Å². The van der Waals surface area contributed by atoms with Gasteiger partial charge in [0.15, 0.2) is 6.61 Å². The van der Waals surface area contributed by atoms with E-state index in [0.29, 0.717) is 26.4 Å². The minimum Gasteiger partial charge on any atom is -0.484 e. The molecule has 0 saturated carbocycles. The van der Waals surface area contributed by atoms with E-state index in [-0.39, 0.29) is 37.3 Å². The van der Waals surface area contributed by atoms with Gasteiger partial charge in [-0.3, -0.25) is 9.59 Å². The number of carbonyl (C=O) groups excluding carboxylic acids is 2. The van der Waals surface area contributed by atoms with Gasteiger partial charge in [-0.25, -0.2) is 0 Å². The first-order chi connectivity index (χ1) is 14.4. The molecule has 3 rings (SSSR count). The molecule has 3 aromatic rings. The number of ether oxygens (including phenoxy) is 1. The summed E-state index contributed by atoms with van der Waals surface area (Å²) in [6.45, 7) is 0.142. The van der Waals surface area contributed by atoms with Crippen LogP contribution in [-0.2, 0) is 4.79 Å². The molecule has 0 bridgehead atoms. The molecule has 1 aromatic heterocycles. The Morgan fingerprint density at radius 1 is 0.967 bits per heavy atom. The van der Waals surface area contributed by atoms with Crippen LogP contribution in [0.4, 0.5) is 0 Å². The molecule has 1 heterocycles. The smallest absolute Gasteiger partial charge is 0.316 e. The van der Waals surface area contributed by atoms with Crippen LogP contribution in [0.1, 0.15) is 10.7 Å². The van der Waals surface area contributed by atoms with Crippen LogP contribution in [-0.4, -0.2) is 41.7 Å². The van der Waals surface area contributed by atoms with Crippen LogP contribution >= 0.6 is 34.8 Å². The summed E-state index contributed by atoms with van der Waals surface area (Å²) >= 11 is 17.5. The minimum absolute atomic E-state index is 0.163. The predicted octanol–water partition coefficient (Wildman–Crippen LogP) is 3.62. The Morgan fingerprint density at radius 2 is 1.70 bits per heavy atom. The summed E-state index contributed by atoms with van der Waals surface area (Å²) in [4.78, 5) is 27.9. The van der Waals surface area contributed by atoms with Crippen molar-refractivity contribution >= 4 is 46.6 Å². The van der Waals surface area contributed by atoms with E-state index in [4.69, 9.17) is 44.1 Å². The Kier molecular flexibility index (Phi) is 7.51. The molecule has 2 amide bonds. The average molecular weight is 470 g/mol. The maximum atomic E-state index is 12.1. The Hall–Kier alpha value is -2.81. The number of benzene rings is 2. The van der Waals surface area contributed by atoms with Crippen molar-refractivity contribution in [2.24, 2.45) is 0 Å². The lowest BCUT2D eigenvalue weighted by molar-refractivity contribution is -0.123. The Bertz CT molecular complexity index is 1040. The summed E-state index contributed by atoms with van der Waals surface area (Å²) < 4.78 is 10.3. The summed E-state index contributed by atoms with van der Waals surface area (Å²) in [5.41, 5.74) is 0.663. The fourth-order valence-corrected chi connectivity index (χ4v) is 2.67. The van der Waals surface area contributed by atoms with Gasteiger partial charge >= 0.3 is 11.8 Å². The van der Waals surface area contributed by atoms with Crippen molar-refractivity contribution in [3.8, 4) is 17.1 Å². The Labute approximate surface area is 186 Å². The molecule has 0 radical (unpaired) electrons. The second-order valence-corrected chi connectivity index (χ2v) is 7.15. The van der Waals surface area contributed by atoms with E-state index >= 15 is 0 Å². The van der Waals surface area contributed by atoms with Gasteiger partial charge in [0.2, 0.25) is 5.82 Å². The normalized spacial score (nSPS) is 10.5. The molecule has 0 spiro atoms. The van der Waals surface area contributed by atoms with Crippen LogP contribution in [0, 0.1) is 0 Å². The van der Waals surface area contributed by atoms with Gasteiger partial charge in [-0.15, -0.1) is 0 Å². The van der Waals surface area contributed by atoms with Gasteiger partial charge in [0.25, 0.3) is 5.91 Å². The number of carbonyl (C=O) groups is 2. The van der Waals surface area contributed by atoms with Gasteiger partial charge in [0.1, 0.15) is 5.75 Å². The van der Waals surface area contributed by atoms with Crippen molar-refractivity contribution in [3.05, 3.63) is 63.4 Å². The molecule has 0 aliphatic rings. The van der Waals surface area contributed by atoms with E-state index in [0.717, 1.165) is 0 Å². The fourth-order valence-electron chi connectivity index (χ4n) is 2.25. The van der Waals surface area contributed by atoms with Gasteiger partial charge in [-0.1, -0.05) is 40.0 Å². The molecule has 156 valence electrons. The van der Waals surface area contributed by atoms with Crippen molar-refractivity contribution in [2.75, 3.05) is 19.7 Å². The molecule has 30 heavy (non-hydrogen) atoms. The fraction of sp³-hybridized carbons (Fsp3) is 0.158. The predicted molar refractivity (Wildman–Crippen MR) is 112 cm³/mol. The van der Waals surface area contributed by atoms with Crippen molar-refractivity contribution < 1.29 is 18.8 Å². The lowest BCUT2D eigenvalue weighted by atomic mass is 10.2. The zero-order valence-electron chi connectivity index (χ0n) is 15.3. The Morgan fingerprint density at radius 3 is 2.43 bits per heavy atom. The van der Waals surface area contributed by atoms with Crippen LogP contribution in [0.5, 0.6) is 5.75 Å². The number of nitrogens with one attached hydrogen (secondary N) is 2. The molecule has 0 aliphatic carbocycles. The van der Waals surface area contributed by atoms with Crippen LogP contribution in [0.2, 0.25) is 15.1 Å². The maximum absolute atomic E-state index is 12.1. The number of hydrogen-bond donors (Lipinski definition) is 2. The highest BCUT2D eigenvalue weighted by atomic mass is 35.5. The third-order valence-corrected chi connectivity index (χ3v) is 4.71. The summed E-state index contributed by atoms with van der Waals surface area (Å²) in [5, 5.41) is 10.2. The molecule has 11 heteroatoms. The second-order valence-electron chi connectivity index (χ2n) is 5.90. The SMILES string of the molecule is O=C(COc1ccc(Cl)c(Cl)c1)NCCNC(=O)c1nc(-c2ccc(Cl)cc2)no1. The molecule has 0 aliphatic heterocycles. The number of amides is 2. The minimum atomic E-state index is -0.552. The van der Waals surface area contributed by atoms with E-state index < -0.39 is 5.91 Å². The molecule has 2 aromatic carbocycles. The van der Waals surface area contributed by atoms with Gasteiger partial charge < -0.3 is 19.9 Å². The first-order valence-corrected chi connectivity index (χ1v) is 9.78. The van der Waals surface area contributed by atoms with Crippen LogP contribution < -0.4 is 15.4 Å². The van der Waals surface area contributed by atoms with Crippen molar-refractivity contribution in [3.63, 3.8) is 0 Å². The van der Waals surface area contributed by atoms with Crippen LogP contribution in [0.25, 0.3) is 11.4 Å². The lowest BCUT2D eigenvalue weighted by Crippen LogP contribution is -2.36. The molecule has 0 atom stereocenters. The highest BCUT2D eigenvalue weighted by molar-refractivity contribution is 6.42. The first-order valence-electron chi connectivity index (χ1n) is 8.65. The number of nitrogens with zero attached hydrogens (tertiary/aromatic N) is 2. The van der Waals surface area contributed by atoms with Gasteiger partial charge in [-0.05, 0) is 36.4 Å². The van der Waals surface area contributed by atoms with E-state index in [1.54, 1.807) is 36.4 Å². The van der Waals surface area contributed by atoms with Gasteiger partial charge in [0.05, 0.1) is 10.0 Å². The van der Waals surface area contributed by atoms with E-state index in [9.17, 15) is 9.59 Å². The van der Waals surface area contributed by atoms with Crippen molar-refractivity contribution in [1.29, 1.82) is 0 Å². The summed E-state index contributed by atoms with van der Waals surface area (Å²) in [6.07, 6.45) is 0. The average Bonchev–Trinajstić information content (AvgIpc) is 3.23. The van der Waals surface area contributed by atoms with Crippen molar-refractivity contribution in [1.82, 2.24) is 20.8 Å². The lowest BCUT2D eigenvalue weighted by Gasteiger charge is -2.08. The number of rotatable bonds is 8. The van der Waals surface area contributed by atoms with Crippen LogP contribution in [0.15, 0.2) is 47.0 Å². The second kappa shape index (κ2) is 10.3. The number of aromatic nitrogens is 2. The molecular weight excluding hydrogens is 455 g/mol. The third kappa shape index (κ3) is 6.09. The highest BCUT2D eigenvalue weighted by Gasteiger charge is 2.15. The van der Waals surface area contributed by atoms with Gasteiger partial charge in [0, 0.05) is 29.7 Å². The monoisotopic (exact) mass is 468 g/mol. The highest BCUT2D eigenvalue weighted by Crippen LogP contribution is 2.26. The van der Waals surface area contributed by atoms with E-state index in [1.807, 2.05) is 0 Å². The van der Waals surface area contributed by atoms with Crippen LogP contribution in [0.3, 0.4) is 0 Å². The van der Waals surface area contributed by atoms with E-state index in [1.165, 1.54) is 6.07 Å². The molecular formula is C19H15Cl3N4O4. The maximum Gasteiger partial charge on any atom is 0.316 e. The number of halogens is 3. The molecule has 2 N–H and O–H groups in total. The molecule has 8 nitrogen and oxygen atoms in total. The summed E-state index contributed by atoms with van der Waals surface area (Å²) in [5.74, 6) is -0.415. The quantitative estimate of drug-likeness (QED) is 0.488. The number of hydrogen-bond acceptors (Lipinski definition) is 6. The molecule has 0 unspecified atom stereocenters.